The first-order chi connectivity index (χ1) is 8.74. The molecule has 0 aromatic heterocycles. The number of halogens is 1. The highest BCUT2D eigenvalue weighted by molar-refractivity contribution is 6.30. The first-order valence-electron chi connectivity index (χ1n) is 6.76. The minimum Gasteiger partial charge on any atom is -0.313 e. The van der Waals surface area contributed by atoms with Crippen LogP contribution in [0.5, 0.6) is 0 Å². The first kappa shape index (κ1) is 12.2. The second-order valence-corrected chi connectivity index (χ2v) is 5.94. The summed E-state index contributed by atoms with van der Waals surface area (Å²) in [7, 11) is 0. The van der Waals surface area contributed by atoms with Gasteiger partial charge in [-0.15, -0.1) is 0 Å². The van der Waals surface area contributed by atoms with E-state index in [1.165, 1.54) is 19.3 Å². The molecule has 3 unspecified atom stereocenters. The van der Waals surface area contributed by atoms with Gasteiger partial charge in [-0.25, -0.2) is 0 Å². The lowest BCUT2D eigenvalue weighted by Crippen LogP contribution is -2.29. The molecule has 1 aliphatic heterocycles. The first-order valence-corrected chi connectivity index (χ1v) is 7.14. The van der Waals surface area contributed by atoms with Crippen LogP contribution in [-0.2, 0) is 0 Å². The van der Waals surface area contributed by atoms with Crippen molar-refractivity contribution in [1.82, 2.24) is 5.32 Å². The Balaban J connectivity index is 1.66. The van der Waals surface area contributed by atoms with Crippen molar-refractivity contribution in [2.45, 2.75) is 31.7 Å². The van der Waals surface area contributed by atoms with E-state index in [9.17, 15) is 4.79 Å². The van der Waals surface area contributed by atoms with Crippen LogP contribution >= 0.6 is 11.6 Å². The predicted octanol–water partition coefficient (Wildman–Crippen LogP) is 3.30. The lowest BCUT2D eigenvalue weighted by molar-refractivity contribution is 0.0963. The number of hydrogen-bond acceptors (Lipinski definition) is 2. The second kappa shape index (κ2) is 5.02. The molecule has 1 N–H and O–H groups in total. The molecule has 1 aromatic carbocycles. The van der Waals surface area contributed by atoms with E-state index in [2.05, 4.69) is 5.32 Å². The van der Waals surface area contributed by atoms with E-state index in [-0.39, 0.29) is 5.78 Å². The van der Waals surface area contributed by atoms with Gasteiger partial charge in [0.1, 0.15) is 0 Å². The van der Waals surface area contributed by atoms with Crippen molar-refractivity contribution < 1.29 is 4.79 Å². The normalized spacial score (nSPS) is 30.4. The van der Waals surface area contributed by atoms with E-state index < -0.39 is 0 Å². The standard InChI is InChI=1S/C15H18ClNO/c16-12-6-4-10(5-7-12)15(18)8-14-13-3-1-2-11(13)9-17-14/h4-7,11,13-14,17H,1-3,8-9H2. The zero-order valence-corrected chi connectivity index (χ0v) is 11.1. The molecule has 3 rings (SSSR count). The van der Waals surface area contributed by atoms with Crippen LogP contribution in [0.4, 0.5) is 0 Å². The van der Waals surface area contributed by atoms with Crippen LogP contribution < -0.4 is 5.32 Å². The number of hydrogen-bond donors (Lipinski definition) is 1. The lowest BCUT2D eigenvalue weighted by atomic mass is 9.90. The van der Waals surface area contributed by atoms with E-state index in [1.54, 1.807) is 12.1 Å². The molecule has 1 aliphatic carbocycles. The van der Waals surface area contributed by atoms with Gasteiger partial charge in [0.15, 0.2) is 5.78 Å². The highest BCUT2D eigenvalue weighted by Gasteiger charge is 2.39. The molecule has 1 aromatic rings. The molecule has 3 atom stereocenters. The summed E-state index contributed by atoms with van der Waals surface area (Å²) in [6, 6.07) is 7.61. The third-order valence-electron chi connectivity index (χ3n) is 4.45. The van der Waals surface area contributed by atoms with Gasteiger partial charge in [0.05, 0.1) is 0 Å². The number of carbonyl (C=O) groups excluding carboxylic acids is 1. The molecule has 1 heterocycles. The monoisotopic (exact) mass is 263 g/mol. The van der Waals surface area contributed by atoms with Crippen molar-refractivity contribution in [3.8, 4) is 0 Å². The minimum absolute atomic E-state index is 0.233. The van der Waals surface area contributed by atoms with Crippen molar-refractivity contribution in [3.63, 3.8) is 0 Å². The van der Waals surface area contributed by atoms with E-state index in [0.717, 1.165) is 23.9 Å². The Morgan fingerprint density at radius 3 is 2.83 bits per heavy atom. The maximum Gasteiger partial charge on any atom is 0.164 e. The van der Waals surface area contributed by atoms with Crippen LogP contribution in [0.1, 0.15) is 36.0 Å². The summed E-state index contributed by atoms with van der Waals surface area (Å²) >= 11 is 5.84. The van der Waals surface area contributed by atoms with Crippen molar-refractivity contribution in [1.29, 1.82) is 0 Å². The summed E-state index contributed by atoms with van der Waals surface area (Å²) in [6.07, 6.45) is 4.59. The quantitative estimate of drug-likeness (QED) is 0.848. The molecule has 18 heavy (non-hydrogen) atoms. The van der Waals surface area contributed by atoms with Gasteiger partial charge in [-0.05, 0) is 55.5 Å². The molecule has 0 bridgehead atoms. The molecule has 0 spiro atoms. The van der Waals surface area contributed by atoms with E-state index in [1.807, 2.05) is 12.1 Å². The Morgan fingerprint density at radius 2 is 2.06 bits per heavy atom. The fraction of sp³-hybridized carbons (Fsp3) is 0.533. The Labute approximate surface area is 113 Å². The smallest absolute Gasteiger partial charge is 0.164 e. The molecule has 96 valence electrons. The molecule has 3 heteroatoms. The molecule has 2 fully saturated rings. The van der Waals surface area contributed by atoms with Crippen LogP contribution in [0.2, 0.25) is 5.02 Å². The summed E-state index contributed by atoms with van der Waals surface area (Å²) in [6.45, 7) is 1.10. The summed E-state index contributed by atoms with van der Waals surface area (Å²) in [4.78, 5) is 12.2. The van der Waals surface area contributed by atoms with Crippen molar-refractivity contribution >= 4 is 17.4 Å². The maximum atomic E-state index is 12.2. The van der Waals surface area contributed by atoms with Crippen molar-refractivity contribution in [3.05, 3.63) is 34.9 Å². The summed E-state index contributed by atoms with van der Waals surface area (Å²) in [5, 5.41) is 4.21. The Hall–Kier alpha value is -0.860. The number of Topliss-reactive ketones (excluding diaryl/α,β-unsaturated/α-hetero) is 1. The average molecular weight is 264 g/mol. The highest BCUT2D eigenvalue weighted by atomic mass is 35.5. The number of fused-ring (bicyclic) bond motifs is 1. The zero-order chi connectivity index (χ0) is 12.5. The molecule has 2 nitrogen and oxygen atoms in total. The maximum absolute atomic E-state index is 12.2. The van der Waals surface area contributed by atoms with Gasteiger partial charge in [0.25, 0.3) is 0 Å². The van der Waals surface area contributed by atoms with Crippen LogP contribution in [0.25, 0.3) is 0 Å². The summed E-state index contributed by atoms with van der Waals surface area (Å²) in [5.41, 5.74) is 0.780. The SMILES string of the molecule is O=C(CC1NCC2CCCC21)c1ccc(Cl)cc1. The van der Waals surface area contributed by atoms with Gasteiger partial charge in [-0.1, -0.05) is 18.0 Å². The predicted molar refractivity (Wildman–Crippen MR) is 73.0 cm³/mol. The second-order valence-electron chi connectivity index (χ2n) is 5.50. The van der Waals surface area contributed by atoms with E-state index in [4.69, 9.17) is 11.6 Å². The van der Waals surface area contributed by atoms with Crippen LogP contribution in [-0.4, -0.2) is 18.4 Å². The van der Waals surface area contributed by atoms with E-state index >= 15 is 0 Å². The van der Waals surface area contributed by atoms with Crippen molar-refractivity contribution in [2.75, 3.05) is 6.54 Å². The van der Waals surface area contributed by atoms with E-state index in [0.29, 0.717) is 17.5 Å². The van der Waals surface area contributed by atoms with Crippen LogP contribution in [0.15, 0.2) is 24.3 Å². The molecule has 1 saturated carbocycles. The van der Waals surface area contributed by atoms with Crippen LogP contribution in [0, 0.1) is 11.8 Å². The molecule has 0 radical (unpaired) electrons. The average Bonchev–Trinajstić information content (AvgIpc) is 2.95. The molecular weight excluding hydrogens is 246 g/mol. The molecule has 0 amide bonds. The summed E-state index contributed by atoms with van der Waals surface area (Å²) in [5.74, 6) is 1.77. The van der Waals surface area contributed by atoms with Gasteiger partial charge in [-0.3, -0.25) is 4.79 Å². The fourth-order valence-electron chi connectivity index (χ4n) is 3.48. The lowest BCUT2D eigenvalue weighted by Gasteiger charge is -2.17. The molecule has 1 saturated heterocycles. The number of nitrogens with one attached hydrogen (secondary N) is 1. The third-order valence-corrected chi connectivity index (χ3v) is 4.70. The number of carbonyl (C=O) groups is 1. The fourth-order valence-corrected chi connectivity index (χ4v) is 3.61. The molecule has 2 aliphatic rings. The van der Waals surface area contributed by atoms with Crippen molar-refractivity contribution in [2.24, 2.45) is 11.8 Å². The number of benzene rings is 1. The topological polar surface area (TPSA) is 29.1 Å². The Bertz CT molecular complexity index is 442. The minimum atomic E-state index is 0.233. The Kier molecular flexibility index (Phi) is 3.40. The van der Waals surface area contributed by atoms with Gasteiger partial charge in [-0.2, -0.15) is 0 Å². The van der Waals surface area contributed by atoms with Gasteiger partial charge < -0.3 is 5.32 Å². The van der Waals surface area contributed by atoms with Gasteiger partial charge in [0, 0.05) is 23.0 Å². The van der Waals surface area contributed by atoms with Crippen LogP contribution in [0.3, 0.4) is 0 Å². The highest BCUT2D eigenvalue weighted by Crippen LogP contribution is 2.38. The zero-order valence-electron chi connectivity index (χ0n) is 10.4. The largest absolute Gasteiger partial charge is 0.313 e. The van der Waals surface area contributed by atoms with Gasteiger partial charge >= 0.3 is 0 Å². The summed E-state index contributed by atoms with van der Waals surface area (Å²) < 4.78 is 0. The Morgan fingerprint density at radius 1 is 1.28 bits per heavy atom. The number of ketones is 1. The molecular formula is C15H18ClNO. The van der Waals surface area contributed by atoms with Gasteiger partial charge in [0.2, 0.25) is 0 Å². The number of rotatable bonds is 3. The third kappa shape index (κ3) is 2.32.